The predicted molar refractivity (Wildman–Crippen MR) is 77.2 cm³/mol. The van der Waals surface area contributed by atoms with E-state index >= 15 is 0 Å². The first kappa shape index (κ1) is 13.3. The number of hydrogen-bond donors (Lipinski definition) is 1. The predicted octanol–water partition coefficient (Wildman–Crippen LogP) is 2.54. The largest absolute Gasteiger partial charge is 0.279 e. The van der Waals surface area contributed by atoms with Crippen LogP contribution in [0.3, 0.4) is 0 Å². The van der Waals surface area contributed by atoms with Crippen LogP contribution < -0.4 is 5.43 Å². The normalized spacial score (nSPS) is 11.6. The number of nitrogens with zero attached hydrogens (tertiary/aromatic N) is 1. The maximum Gasteiger partial charge on any atom is 0.175 e. The van der Waals surface area contributed by atoms with Crippen LogP contribution in [-0.4, -0.2) is 20.9 Å². The Labute approximate surface area is 112 Å². The smallest absolute Gasteiger partial charge is 0.175 e. The van der Waals surface area contributed by atoms with Crippen LogP contribution in [0.15, 0.2) is 64.6 Å². The molecule has 98 valence electrons. The number of rotatable bonds is 4. The van der Waals surface area contributed by atoms with Gasteiger partial charge in [0, 0.05) is 6.26 Å². The molecule has 2 aromatic carbocycles. The van der Waals surface area contributed by atoms with E-state index < -0.39 is 9.84 Å². The van der Waals surface area contributed by atoms with Crippen LogP contribution in [0.4, 0.5) is 5.69 Å². The summed E-state index contributed by atoms with van der Waals surface area (Å²) in [5.74, 6) is 0. The lowest BCUT2D eigenvalue weighted by Crippen LogP contribution is -1.97. The molecule has 0 heterocycles. The van der Waals surface area contributed by atoms with Gasteiger partial charge in [-0.1, -0.05) is 30.3 Å². The van der Waals surface area contributed by atoms with Crippen molar-refractivity contribution >= 4 is 21.7 Å². The molecule has 2 aromatic rings. The summed E-state index contributed by atoms with van der Waals surface area (Å²) in [7, 11) is -3.14. The molecular formula is C14H14N2O2S. The highest BCUT2D eigenvalue weighted by Gasteiger charge is 2.05. The molecule has 19 heavy (non-hydrogen) atoms. The molecule has 0 saturated heterocycles. The Bertz CT molecular complexity index is 662. The number of anilines is 1. The molecule has 5 heteroatoms. The average Bonchev–Trinajstić information content (AvgIpc) is 2.39. The van der Waals surface area contributed by atoms with E-state index in [2.05, 4.69) is 10.5 Å². The molecule has 0 amide bonds. The lowest BCUT2D eigenvalue weighted by atomic mass is 10.2. The SMILES string of the molecule is CS(=O)(=O)c1ccc(C=NNc2ccccc2)cc1. The highest BCUT2D eigenvalue weighted by Crippen LogP contribution is 2.09. The van der Waals surface area contributed by atoms with Crippen LogP contribution in [0, 0.1) is 0 Å². The van der Waals surface area contributed by atoms with E-state index in [-0.39, 0.29) is 0 Å². The second-order valence-electron chi connectivity index (χ2n) is 4.08. The lowest BCUT2D eigenvalue weighted by Gasteiger charge is -2.00. The standard InChI is InChI=1S/C14H14N2O2S/c1-19(17,18)14-9-7-12(8-10-14)11-15-16-13-5-3-2-4-6-13/h2-11,16H,1H3. The summed E-state index contributed by atoms with van der Waals surface area (Å²) in [4.78, 5) is 0.306. The van der Waals surface area contributed by atoms with E-state index in [0.717, 1.165) is 11.3 Å². The topological polar surface area (TPSA) is 58.5 Å². The van der Waals surface area contributed by atoms with Gasteiger partial charge in [0.05, 0.1) is 16.8 Å². The number of nitrogens with one attached hydrogen (secondary N) is 1. The van der Waals surface area contributed by atoms with Gasteiger partial charge in [0.1, 0.15) is 0 Å². The van der Waals surface area contributed by atoms with Crippen molar-refractivity contribution in [3.63, 3.8) is 0 Å². The second-order valence-corrected chi connectivity index (χ2v) is 6.09. The number of para-hydroxylation sites is 1. The Morgan fingerprint density at radius 2 is 1.63 bits per heavy atom. The third kappa shape index (κ3) is 3.93. The summed E-state index contributed by atoms with van der Waals surface area (Å²) in [5.41, 5.74) is 4.61. The van der Waals surface area contributed by atoms with Crippen molar-refractivity contribution in [2.75, 3.05) is 11.7 Å². The summed E-state index contributed by atoms with van der Waals surface area (Å²) >= 11 is 0. The van der Waals surface area contributed by atoms with E-state index in [1.165, 1.54) is 6.26 Å². The summed E-state index contributed by atoms with van der Waals surface area (Å²) in [6.45, 7) is 0. The third-order valence-corrected chi connectivity index (χ3v) is 3.62. The van der Waals surface area contributed by atoms with Gasteiger partial charge in [-0.05, 0) is 29.8 Å². The monoisotopic (exact) mass is 274 g/mol. The summed E-state index contributed by atoms with van der Waals surface area (Å²) < 4.78 is 22.6. The fourth-order valence-corrected chi connectivity index (χ4v) is 2.13. The summed E-state index contributed by atoms with van der Waals surface area (Å²) in [6.07, 6.45) is 2.83. The van der Waals surface area contributed by atoms with Gasteiger partial charge in [-0.25, -0.2) is 8.42 Å². The second kappa shape index (κ2) is 5.67. The van der Waals surface area contributed by atoms with Crippen molar-refractivity contribution in [3.8, 4) is 0 Å². The Balaban J connectivity index is 2.04. The Kier molecular flexibility index (Phi) is 3.97. The van der Waals surface area contributed by atoms with Crippen molar-refractivity contribution in [1.82, 2.24) is 0 Å². The van der Waals surface area contributed by atoms with Crippen LogP contribution in [-0.2, 0) is 9.84 Å². The quantitative estimate of drug-likeness (QED) is 0.688. The Hall–Kier alpha value is -2.14. The number of hydrazone groups is 1. The average molecular weight is 274 g/mol. The van der Waals surface area contributed by atoms with Crippen molar-refractivity contribution in [3.05, 3.63) is 60.2 Å². The van der Waals surface area contributed by atoms with Gasteiger partial charge in [-0.3, -0.25) is 5.43 Å². The van der Waals surface area contributed by atoms with Crippen molar-refractivity contribution in [2.24, 2.45) is 5.10 Å². The van der Waals surface area contributed by atoms with Gasteiger partial charge in [0.2, 0.25) is 0 Å². The zero-order chi connectivity index (χ0) is 13.7. The van der Waals surface area contributed by atoms with Gasteiger partial charge in [0.25, 0.3) is 0 Å². The van der Waals surface area contributed by atoms with Crippen LogP contribution in [0.25, 0.3) is 0 Å². The first-order valence-corrected chi connectivity index (χ1v) is 7.59. The summed E-state index contributed by atoms with van der Waals surface area (Å²) in [5, 5.41) is 4.08. The van der Waals surface area contributed by atoms with E-state index in [1.807, 2.05) is 30.3 Å². The van der Waals surface area contributed by atoms with Gasteiger partial charge < -0.3 is 0 Å². The minimum atomic E-state index is -3.14. The van der Waals surface area contributed by atoms with Crippen LogP contribution in [0.1, 0.15) is 5.56 Å². The molecule has 0 bridgehead atoms. The molecule has 0 aliphatic rings. The molecule has 0 aliphatic heterocycles. The molecule has 0 unspecified atom stereocenters. The number of benzene rings is 2. The molecule has 0 saturated carbocycles. The molecular weight excluding hydrogens is 260 g/mol. The van der Waals surface area contributed by atoms with Gasteiger partial charge in [-0.15, -0.1) is 0 Å². The molecule has 0 aliphatic carbocycles. The van der Waals surface area contributed by atoms with Crippen molar-refractivity contribution < 1.29 is 8.42 Å². The number of hydrogen-bond acceptors (Lipinski definition) is 4. The first-order chi connectivity index (χ1) is 9.05. The molecule has 0 atom stereocenters. The fraction of sp³-hybridized carbons (Fsp3) is 0.0714. The van der Waals surface area contributed by atoms with E-state index in [1.54, 1.807) is 30.5 Å². The lowest BCUT2D eigenvalue weighted by molar-refractivity contribution is 0.602. The summed E-state index contributed by atoms with van der Waals surface area (Å²) in [6, 6.07) is 16.1. The van der Waals surface area contributed by atoms with Crippen LogP contribution in [0.5, 0.6) is 0 Å². The minimum Gasteiger partial charge on any atom is -0.279 e. The van der Waals surface area contributed by atoms with Crippen LogP contribution >= 0.6 is 0 Å². The minimum absolute atomic E-state index is 0.306. The molecule has 0 radical (unpaired) electrons. The van der Waals surface area contributed by atoms with E-state index in [9.17, 15) is 8.42 Å². The van der Waals surface area contributed by atoms with Gasteiger partial charge >= 0.3 is 0 Å². The number of sulfone groups is 1. The Morgan fingerprint density at radius 1 is 1.00 bits per heavy atom. The molecule has 1 N–H and O–H groups in total. The van der Waals surface area contributed by atoms with Crippen molar-refractivity contribution in [1.29, 1.82) is 0 Å². The van der Waals surface area contributed by atoms with Crippen molar-refractivity contribution in [2.45, 2.75) is 4.90 Å². The molecule has 0 fully saturated rings. The highest BCUT2D eigenvalue weighted by atomic mass is 32.2. The highest BCUT2D eigenvalue weighted by molar-refractivity contribution is 7.90. The first-order valence-electron chi connectivity index (χ1n) is 5.70. The molecule has 0 spiro atoms. The maximum absolute atomic E-state index is 11.3. The zero-order valence-electron chi connectivity index (χ0n) is 10.4. The van der Waals surface area contributed by atoms with Gasteiger partial charge in [-0.2, -0.15) is 5.10 Å². The molecule has 4 nitrogen and oxygen atoms in total. The molecule has 0 aromatic heterocycles. The zero-order valence-corrected chi connectivity index (χ0v) is 11.3. The third-order valence-electron chi connectivity index (χ3n) is 2.49. The maximum atomic E-state index is 11.3. The molecule has 2 rings (SSSR count). The van der Waals surface area contributed by atoms with Gasteiger partial charge in [0.15, 0.2) is 9.84 Å². The Morgan fingerprint density at radius 3 is 2.21 bits per heavy atom. The fourth-order valence-electron chi connectivity index (χ4n) is 1.50. The van der Waals surface area contributed by atoms with E-state index in [4.69, 9.17) is 0 Å². The van der Waals surface area contributed by atoms with E-state index in [0.29, 0.717) is 4.90 Å². The van der Waals surface area contributed by atoms with Crippen LogP contribution in [0.2, 0.25) is 0 Å².